The van der Waals surface area contributed by atoms with Crippen LogP contribution in [0.15, 0.2) is 40.2 Å². The number of rotatable bonds is 13. The average molecular weight is 442 g/mol. The number of guanidine groups is 1. The van der Waals surface area contributed by atoms with E-state index < -0.39 is 34.5 Å². The number of nitrogens with zero attached hydrogens (tertiary/aromatic N) is 1. The van der Waals surface area contributed by atoms with Crippen molar-refractivity contribution in [1.29, 1.82) is 0 Å². The summed E-state index contributed by atoms with van der Waals surface area (Å²) in [6, 6.07) is 5.71. The predicted molar refractivity (Wildman–Crippen MR) is 109 cm³/mol. The van der Waals surface area contributed by atoms with Gasteiger partial charge in [0.15, 0.2) is 5.96 Å². The Morgan fingerprint density at radius 2 is 1.67 bits per heavy atom. The van der Waals surface area contributed by atoms with Gasteiger partial charge in [-0.15, -0.1) is 0 Å². The van der Waals surface area contributed by atoms with Gasteiger partial charge in [0, 0.05) is 32.5 Å². The van der Waals surface area contributed by atoms with Crippen molar-refractivity contribution < 1.29 is 27.9 Å². The summed E-state index contributed by atoms with van der Waals surface area (Å²) < 4.78 is 26.5. The Kier molecular flexibility index (Phi) is 10.3. The summed E-state index contributed by atoms with van der Waals surface area (Å²) in [6.45, 7) is -0.0984. The molecular formula is C17H26N6O6S. The Labute approximate surface area is 174 Å². The maximum Gasteiger partial charge on any atom is 0.323 e. The average Bonchev–Trinajstić information content (AvgIpc) is 2.68. The first kappa shape index (κ1) is 24.8. The fraction of sp³-hybridized carbons (Fsp3) is 0.412. The van der Waals surface area contributed by atoms with E-state index in [-0.39, 0.29) is 36.1 Å². The van der Waals surface area contributed by atoms with Crippen LogP contribution in [-0.4, -0.2) is 62.9 Å². The molecule has 1 aromatic rings. The van der Waals surface area contributed by atoms with E-state index in [9.17, 15) is 27.9 Å². The quantitative estimate of drug-likeness (QED) is 0.115. The number of aliphatic imine (C=N–C) groups is 1. The monoisotopic (exact) mass is 442 g/mol. The minimum Gasteiger partial charge on any atom is -0.480 e. The number of nitrogens with one attached hydrogen (secondary N) is 3. The third kappa shape index (κ3) is 9.84. The number of carbonyl (C=O) groups is 3. The fourth-order valence-electron chi connectivity index (χ4n) is 2.19. The Hall–Kier alpha value is -3.19. The van der Waals surface area contributed by atoms with Crippen LogP contribution in [-0.2, 0) is 24.4 Å². The lowest BCUT2D eigenvalue weighted by Gasteiger charge is -2.15. The van der Waals surface area contributed by atoms with Gasteiger partial charge in [-0.25, -0.2) is 8.42 Å². The smallest absolute Gasteiger partial charge is 0.323 e. The molecule has 166 valence electrons. The summed E-state index contributed by atoms with van der Waals surface area (Å²) in [5.41, 5.74) is 10.3. The number of sulfonamides is 1. The van der Waals surface area contributed by atoms with Crippen molar-refractivity contribution in [2.75, 3.05) is 19.6 Å². The molecule has 13 heteroatoms. The van der Waals surface area contributed by atoms with E-state index in [1.54, 1.807) is 6.07 Å². The zero-order valence-electron chi connectivity index (χ0n) is 16.2. The molecule has 0 spiro atoms. The number of carboxylic acid groups (broad SMARTS) is 1. The third-order valence-corrected chi connectivity index (χ3v) is 5.17. The van der Waals surface area contributed by atoms with Crippen molar-refractivity contribution in [3.8, 4) is 0 Å². The van der Waals surface area contributed by atoms with Gasteiger partial charge in [0.1, 0.15) is 6.04 Å². The highest BCUT2D eigenvalue weighted by Crippen LogP contribution is 2.08. The summed E-state index contributed by atoms with van der Waals surface area (Å²) in [5.74, 6) is -2.32. The molecule has 12 nitrogen and oxygen atoms in total. The van der Waals surface area contributed by atoms with Crippen LogP contribution in [0.5, 0.6) is 0 Å². The van der Waals surface area contributed by atoms with Crippen LogP contribution in [0.3, 0.4) is 0 Å². The van der Waals surface area contributed by atoms with Crippen LogP contribution in [0.2, 0.25) is 0 Å². The van der Waals surface area contributed by atoms with Gasteiger partial charge in [0.05, 0.1) is 4.90 Å². The first-order chi connectivity index (χ1) is 14.1. The number of amides is 2. The highest BCUT2D eigenvalue weighted by molar-refractivity contribution is 7.89. The lowest BCUT2D eigenvalue weighted by Crippen LogP contribution is -2.48. The normalized spacial score (nSPS) is 11.9. The molecule has 0 heterocycles. The molecule has 0 bridgehead atoms. The molecule has 8 N–H and O–H groups in total. The number of aliphatic carboxylic acids is 1. The number of hydrogen-bond donors (Lipinski definition) is 6. The van der Waals surface area contributed by atoms with Crippen molar-refractivity contribution in [1.82, 2.24) is 15.4 Å². The molecule has 0 aliphatic rings. The number of carbonyl (C=O) groups excluding carboxylic acids is 2. The minimum atomic E-state index is -4.06. The van der Waals surface area contributed by atoms with Gasteiger partial charge in [-0.05, 0) is 18.6 Å². The summed E-state index contributed by atoms with van der Waals surface area (Å²) in [4.78, 5) is 38.4. The molecule has 0 aliphatic carbocycles. The van der Waals surface area contributed by atoms with Gasteiger partial charge in [-0.3, -0.25) is 19.4 Å². The molecule has 0 saturated heterocycles. The number of carboxylic acids is 1. The molecule has 0 aromatic heterocycles. The van der Waals surface area contributed by atoms with E-state index >= 15 is 0 Å². The van der Waals surface area contributed by atoms with Gasteiger partial charge in [0.25, 0.3) is 0 Å². The van der Waals surface area contributed by atoms with E-state index in [1.807, 2.05) is 4.72 Å². The highest BCUT2D eigenvalue weighted by atomic mass is 32.2. The van der Waals surface area contributed by atoms with Crippen molar-refractivity contribution in [2.45, 2.75) is 30.2 Å². The maximum absolute atomic E-state index is 12.2. The lowest BCUT2D eigenvalue weighted by atomic mass is 10.3. The van der Waals surface area contributed by atoms with Gasteiger partial charge in [-0.2, -0.15) is 4.72 Å². The molecular weight excluding hydrogens is 416 g/mol. The van der Waals surface area contributed by atoms with Crippen molar-refractivity contribution in [3.05, 3.63) is 30.3 Å². The molecule has 2 amide bonds. The second-order valence-electron chi connectivity index (χ2n) is 6.14. The maximum atomic E-state index is 12.2. The van der Waals surface area contributed by atoms with Crippen LogP contribution in [0.1, 0.15) is 19.3 Å². The van der Waals surface area contributed by atoms with Crippen molar-refractivity contribution in [3.63, 3.8) is 0 Å². The molecule has 1 atom stereocenters. The van der Waals surface area contributed by atoms with Crippen LogP contribution < -0.4 is 26.8 Å². The van der Waals surface area contributed by atoms with Gasteiger partial charge < -0.3 is 27.2 Å². The highest BCUT2D eigenvalue weighted by Gasteiger charge is 2.25. The van der Waals surface area contributed by atoms with Crippen molar-refractivity contribution >= 4 is 33.8 Å². The van der Waals surface area contributed by atoms with Crippen LogP contribution >= 0.6 is 0 Å². The Morgan fingerprint density at radius 3 is 2.27 bits per heavy atom. The van der Waals surface area contributed by atoms with E-state index in [4.69, 9.17) is 11.5 Å². The van der Waals surface area contributed by atoms with Gasteiger partial charge in [-0.1, -0.05) is 18.2 Å². The number of hydrogen-bond acceptors (Lipinski definition) is 6. The Balaban J connectivity index is 2.39. The van der Waals surface area contributed by atoms with Gasteiger partial charge in [0.2, 0.25) is 21.8 Å². The Bertz CT molecular complexity index is 855. The number of benzene rings is 1. The molecule has 0 saturated carbocycles. The Morgan fingerprint density at radius 1 is 1.03 bits per heavy atom. The molecule has 0 aliphatic heterocycles. The molecule has 1 aromatic carbocycles. The molecule has 0 radical (unpaired) electrons. The zero-order chi connectivity index (χ0) is 22.6. The van der Waals surface area contributed by atoms with Crippen LogP contribution in [0.4, 0.5) is 0 Å². The largest absolute Gasteiger partial charge is 0.480 e. The lowest BCUT2D eigenvalue weighted by molar-refractivity contribution is -0.138. The standard InChI is InChI=1S/C17H26N6O6S/c18-17(19)21-9-4-7-14(24)20-10-8-15(25)22-11-13(16(26)27)23-30(28,29)12-5-2-1-3-6-12/h1-3,5-6,13,23H,4,7-11H2,(H,20,24)(H,22,25)(H,26,27)(H4,18,19,21)/t13-/m0/s1. The second-order valence-corrected chi connectivity index (χ2v) is 7.85. The SMILES string of the molecule is NC(N)=NCCCC(=O)NCCC(=O)NC[C@H](NS(=O)(=O)c1ccccc1)C(=O)O. The molecule has 1 rings (SSSR count). The zero-order valence-corrected chi connectivity index (χ0v) is 17.0. The van der Waals surface area contributed by atoms with Crippen LogP contribution in [0, 0.1) is 0 Å². The van der Waals surface area contributed by atoms with E-state index in [0.717, 1.165) is 0 Å². The first-order valence-corrected chi connectivity index (χ1v) is 10.5. The van der Waals surface area contributed by atoms with Gasteiger partial charge >= 0.3 is 5.97 Å². The van der Waals surface area contributed by atoms with Crippen LogP contribution in [0.25, 0.3) is 0 Å². The third-order valence-electron chi connectivity index (χ3n) is 3.68. The van der Waals surface area contributed by atoms with E-state index in [2.05, 4.69) is 15.6 Å². The summed E-state index contributed by atoms with van der Waals surface area (Å²) >= 11 is 0. The number of nitrogens with two attached hydrogens (primary N) is 2. The predicted octanol–water partition coefficient (Wildman–Crippen LogP) is -1.91. The topological polar surface area (TPSA) is 206 Å². The summed E-state index contributed by atoms with van der Waals surface area (Å²) in [6.07, 6.45) is 0.524. The summed E-state index contributed by atoms with van der Waals surface area (Å²) in [5, 5.41) is 14.1. The molecule has 0 unspecified atom stereocenters. The first-order valence-electron chi connectivity index (χ1n) is 9.01. The minimum absolute atomic E-state index is 0.0421. The fourth-order valence-corrected chi connectivity index (χ4v) is 3.40. The molecule has 30 heavy (non-hydrogen) atoms. The van der Waals surface area contributed by atoms with E-state index in [0.29, 0.717) is 13.0 Å². The second kappa shape index (κ2) is 12.4. The van der Waals surface area contributed by atoms with Crippen molar-refractivity contribution in [2.24, 2.45) is 16.5 Å². The summed E-state index contributed by atoms with van der Waals surface area (Å²) in [7, 11) is -4.06. The van der Waals surface area contributed by atoms with E-state index in [1.165, 1.54) is 24.3 Å². The molecule has 0 fully saturated rings.